The summed E-state index contributed by atoms with van der Waals surface area (Å²) in [4.78, 5) is 18.0. The Morgan fingerprint density at radius 1 is 1.58 bits per heavy atom. The van der Waals surface area contributed by atoms with Crippen molar-refractivity contribution in [3.8, 4) is 0 Å². The summed E-state index contributed by atoms with van der Waals surface area (Å²) in [7, 11) is 0. The van der Waals surface area contributed by atoms with Crippen molar-refractivity contribution in [3.05, 3.63) is 30.1 Å². The number of carbonyl (C=O) groups is 1. The molecule has 5 heteroatoms. The van der Waals surface area contributed by atoms with E-state index in [0.717, 1.165) is 31.4 Å². The minimum Gasteiger partial charge on any atom is -0.394 e. The number of nitrogens with one attached hydrogen (secondary N) is 1. The molecule has 1 aromatic rings. The number of nitrogens with zero attached hydrogens (tertiary/aromatic N) is 2. The van der Waals surface area contributed by atoms with E-state index in [4.69, 9.17) is 0 Å². The van der Waals surface area contributed by atoms with Crippen LogP contribution in [0.1, 0.15) is 37.8 Å². The summed E-state index contributed by atoms with van der Waals surface area (Å²) in [5, 5.41) is 12.3. The van der Waals surface area contributed by atoms with E-state index in [-0.39, 0.29) is 24.7 Å². The Bertz CT molecular complexity index is 410. The zero-order valence-electron chi connectivity index (χ0n) is 11.2. The topological polar surface area (TPSA) is 65.5 Å². The molecular formula is C14H21N3O2. The maximum Gasteiger partial charge on any atom is 0.318 e. The van der Waals surface area contributed by atoms with Crippen molar-refractivity contribution in [2.45, 2.75) is 38.3 Å². The van der Waals surface area contributed by atoms with Crippen LogP contribution in [0, 0.1) is 0 Å². The number of urea groups is 1. The van der Waals surface area contributed by atoms with Gasteiger partial charge in [0.05, 0.1) is 18.7 Å². The van der Waals surface area contributed by atoms with E-state index in [2.05, 4.69) is 10.3 Å². The summed E-state index contributed by atoms with van der Waals surface area (Å²) in [6, 6.07) is 3.72. The molecule has 104 valence electrons. The number of hydrogen-bond donors (Lipinski definition) is 2. The Labute approximate surface area is 113 Å². The molecule has 0 saturated carbocycles. The maximum absolute atomic E-state index is 12.2. The van der Waals surface area contributed by atoms with Crippen LogP contribution in [0.4, 0.5) is 4.79 Å². The van der Waals surface area contributed by atoms with E-state index in [0.29, 0.717) is 0 Å². The molecule has 2 N–H and O–H groups in total. The highest BCUT2D eigenvalue weighted by Gasteiger charge is 2.29. The van der Waals surface area contributed by atoms with Crippen LogP contribution in [0.15, 0.2) is 24.5 Å². The fourth-order valence-corrected chi connectivity index (χ4v) is 2.54. The maximum atomic E-state index is 12.2. The fourth-order valence-electron chi connectivity index (χ4n) is 2.54. The van der Waals surface area contributed by atoms with Crippen molar-refractivity contribution in [1.29, 1.82) is 0 Å². The van der Waals surface area contributed by atoms with Crippen molar-refractivity contribution in [1.82, 2.24) is 15.2 Å². The Hall–Kier alpha value is -1.62. The molecule has 0 spiro atoms. The van der Waals surface area contributed by atoms with Crippen LogP contribution in [-0.2, 0) is 0 Å². The van der Waals surface area contributed by atoms with Crippen molar-refractivity contribution in [2.75, 3.05) is 13.2 Å². The predicted molar refractivity (Wildman–Crippen MR) is 72.6 cm³/mol. The number of rotatable bonds is 4. The SMILES string of the molecule is CCC(NC(=O)N1CCC[C@H]1CO)c1ccncc1. The molecule has 2 amide bonds. The van der Waals surface area contributed by atoms with Crippen molar-refractivity contribution >= 4 is 6.03 Å². The van der Waals surface area contributed by atoms with Gasteiger partial charge in [-0.25, -0.2) is 4.79 Å². The molecule has 1 aliphatic rings. The summed E-state index contributed by atoms with van der Waals surface area (Å²) in [5.41, 5.74) is 1.06. The van der Waals surface area contributed by atoms with Crippen LogP contribution in [0.3, 0.4) is 0 Å². The lowest BCUT2D eigenvalue weighted by Gasteiger charge is -2.26. The third-order valence-corrected chi connectivity index (χ3v) is 3.66. The highest BCUT2D eigenvalue weighted by Crippen LogP contribution is 2.20. The lowest BCUT2D eigenvalue weighted by molar-refractivity contribution is 0.154. The van der Waals surface area contributed by atoms with Crippen LogP contribution < -0.4 is 5.32 Å². The number of aliphatic hydroxyl groups excluding tert-OH is 1. The highest BCUT2D eigenvalue weighted by atomic mass is 16.3. The van der Waals surface area contributed by atoms with E-state index in [1.165, 1.54) is 0 Å². The molecule has 0 aliphatic carbocycles. The normalized spacial score (nSPS) is 20.3. The van der Waals surface area contributed by atoms with Gasteiger partial charge >= 0.3 is 6.03 Å². The number of carbonyl (C=O) groups excluding carboxylic acids is 1. The minimum absolute atomic E-state index is 0.00422. The Morgan fingerprint density at radius 3 is 2.95 bits per heavy atom. The minimum atomic E-state index is -0.0831. The lowest BCUT2D eigenvalue weighted by Crippen LogP contribution is -2.45. The van der Waals surface area contributed by atoms with Crippen LogP contribution in [-0.4, -0.2) is 40.2 Å². The van der Waals surface area contributed by atoms with Gasteiger partial charge in [0.2, 0.25) is 0 Å². The lowest BCUT2D eigenvalue weighted by atomic mass is 10.1. The van der Waals surface area contributed by atoms with Gasteiger partial charge in [-0.05, 0) is 37.0 Å². The van der Waals surface area contributed by atoms with Crippen LogP contribution in [0.25, 0.3) is 0 Å². The quantitative estimate of drug-likeness (QED) is 0.869. The first kappa shape index (κ1) is 13.8. The molecule has 0 aromatic carbocycles. The Morgan fingerprint density at radius 2 is 2.32 bits per heavy atom. The molecule has 0 radical (unpaired) electrons. The van der Waals surface area contributed by atoms with Gasteiger partial charge in [-0.3, -0.25) is 4.98 Å². The molecule has 2 atom stereocenters. The number of pyridine rings is 1. The van der Waals surface area contributed by atoms with Crippen LogP contribution in [0.5, 0.6) is 0 Å². The molecule has 1 aliphatic heterocycles. The third kappa shape index (κ3) is 3.23. The summed E-state index contributed by atoms with van der Waals surface area (Å²) in [6.07, 6.45) is 6.14. The molecule has 19 heavy (non-hydrogen) atoms. The second kappa shape index (κ2) is 6.52. The number of amides is 2. The number of aliphatic hydroxyl groups is 1. The highest BCUT2D eigenvalue weighted by molar-refractivity contribution is 5.75. The van der Waals surface area contributed by atoms with E-state index in [9.17, 15) is 9.90 Å². The summed E-state index contributed by atoms with van der Waals surface area (Å²) < 4.78 is 0. The smallest absolute Gasteiger partial charge is 0.318 e. The number of likely N-dealkylation sites (tertiary alicyclic amines) is 1. The van der Waals surface area contributed by atoms with Gasteiger partial charge in [-0.15, -0.1) is 0 Å². The van der Waals surface area contributed by atoms with E-state index in [1.807, 2.05) is 19.1 Å². The van der Waals surface area contributed by atoms with Gasteiger partial charge in [-0.2, -0.15) is 0 Å². The molecule has 2 heterocycles. The van der Waals surface area contributed by atoms with Gasteiger partial charge in [0, 0.05) is 18.9 Å². The van der Waals surface area contributed by atoms with Gasteiger partial charge in [0.1, 0.15) is 0 Å². The van der Waals surface area contributed by atoms with E-state index >= 15 is 0 Å². The first-order chi connectivity index (χ1) is 9.26. The van der Waals surface area contributed by atoms with Crippen LogP contribution in [0.2, 0.25) is 0 Å². The average molecular weight is 263 g/mol. The van der Waals surface area contributed by atoms with Crippen molar-refractivity contribution in [3.63, 3.8) is 0 Å². The number of aromatic nitrogens is 1. The predicted octanol–water partition coefficient (Wildman–Crippen LogP) is 1.70. The largest absolute Gasteiger partial charge is 0.394 e. The van der Waals surface area contributed by atoms with Gasteiger partial charge in [0.15, 0.2) is 0 Å². The van der Waals surface area contributed by atoms with Crippen LogP contribution >= 0.6 is 0 Å². The standard InChI is InChI=1S/C14H21N3O2/c1-2-13(11-5-7-15-8-6-11)16-14(19)17-9-3-4-12(17)10-18/h5-8,12-13,18H,2-4,9-10H2,1H3,(H,16,19)/t12-,13?/m0/s1. The molecule has 1 fully saturated rings. The zero-order valence-corrected chi connectivity index (χ0v) is 11.2. The summed E-state index contributed by atoms with van der Waals surface area (Å²) in [6.45, 7) is 2.81. The van der Waals surface area contributed by atoms with E-state index < -0.39 is 0 Å². The van der Waals surface area contributed by atoms with Gasteiger partial charge in [-0.1, -0.05) is 6.92 Å². The molecule has 1 aromatic heterocycles. The Balaban J connectivity index is 2.00. The molecule has 0 bridgehead atoms. The number of hydrogen-bond acceptors (Lipinski definition) is 3. The fraction of sp³-hybridized carbons (Fsp3) is 0.571. The average Bonchev–Trinajstić information content (AvgIpc) is 2.94. The summed E-state index contributed by atoms with van der Waals surface area (Å²) >= 11 is 0. The van der Waals surface area contributed by atoms with Crippen molar-refractivity contribution in [2.24, 2.45) is 0 Å². The molecular weight excluding hydrogens is 242 g/mol. The molecule has 2 rings (SSSR count). The summed E-state index contributed by atoms with van der Waals surface area (Å²) in [5.74, 6) is 0. The molecule has 5 nitrogen and oxygen atoms in total. The van der Waals surface area contributed by atoms with Gasteiger partial charge < -0.3 is 15.3 Å². The zero-order chi connectivity index (χ0) is 13.7. The van der Waals surface area contributed by atoms with E-state index in [1.54, 1.807) is 17.3 Å². The second-order valence-corrected chi connectivity index (χ2v) is 4.86. The molecule has 1 saturated heterocycles. The monoisotopic (exact) mass is 263 g/mol. The second-order valence-electron chi connectivity index (χ2n) is 4.86. The third-order valence-electron chi connectivity index (χ3n) is 3.66. The Kier molecular flexibility index (Phi) is 4.74. The first-order valence-corrected chi connectivity index (χ1v) is 6.84. The molecule has 1 unspecified atom stereocenters. The van der Waals surface area contributed by atoms with Gasteiger partial charge in [0.25, 0.3) is 0 Å². The first-order valence-electron chi connectivity index (χ1n) is 6.84. The van der Waals surface area contributed by atoms with Crippen molar-refractivity contribution < 1.29 is 9.90 Å².